The molecule has 0 aliphatic carbocycles. The molecule has 0 bridgehead atoms. The fourth-order valence-electron chi connectivity index (χ4n) is 2.75. The Hall–Kier alpha value is -1.35. The SMILES string of the molecule is CCC(CC)C(NC(=O)CCCCCN)c1ccccc1. The molecule has 118 valence electrons. The largest absolute Gasteiger partial charge is 0.349 e. The Morgan fingerprint density at radius 2 is 1.76 bits per heavy atom. The van der Waals surface area contributed by atoms with Gasteiger partial charge in [-0.25, -0.2) is 0 Å². The van der Waals surface area contributed by atoms with E-state index in [1.54, 1.807) is 0 Å². The summed E-state index contributed by atoms with van der Waals surface area (Å²) in [5.74, 6) is 0.646. The first kappa shape index (κ1) is 17.7. The highest BCUT2D eigenvalue weighted by Crippen LogP contribution is 2.27. The van der Waals surface area contributed by atoms with Crippen molar-refractivity contribution in [3.8, 4) is 0 Å². The molecule has 0 heterocycles. The molecule has 3 nitrogen and oxygen atoms in total. The van der Waals surface area contributed by atoms with Gasteiger partial charge in [0, 0.05) is 6.42 Å². The summed E-state index contributed by atoms with van der Waals surface area (Å²) >= 11 is 0. The molecule has 0 radical (unpaired) electrons. The lowest BCUT2D eigenvalue weighted by atomic mass is 9.88. The number of nitrogens with one attached hydrogen (secondary N) is 1. The zero-order valence-corrected chi connectivity index (χ0v) is 13.5. The molecule has 1 rings (SSSR count). The number of unbranched alkanes of at least 4 members (excludes halogenated alkanes) is 2. The normalized spacial score (nSPS) is 12.4. The van der Waals surface area contributed by atoms with E-state index in [1.807, 2.05) is 18.2 Å². The quantitative estimate of drug-likeness (QED) is 0.644. The zero-order chi connectivity index (χ0) is 15.5. The Balaban J connectivity index is 2.63. The van der Waals surface area contributed by atoms with Gasteiger partial charge in [-0.2, -0.15) is 0 Å². The second-order valence-corrected chi connectivity index (χ2v) is 5.63. The minimum atomic E-state index is 0.128. The van der Waals surface area contributed by atoms with Gasteiger partial charge in [-0.15, -0.1) is 0 Å². The van der Waals surface area contributed by atoms with Crippen LogP contribution in [0.3, 0.4) is 0 Å². The van der Waals surface area contributed by atoms with Crippen molar-refractivity contribution in [1.82, 2.24) is 5.32 Å². The van der Waals surface area contributed by atoms with Crippen molar-refractivity contribution in [3.63, 3.8) is 0 Å². The molecule has 0 saturated heterocycles. The fraction of sp³-hybridized carbons (Fsp3) is 0.611. The molecule has 1 amide bonds. The van der Waals surface area contributed by atoms with Gasteiger partial charge in [-0.3, -0.25) is 4.79 Å². The second-order valence-electron chi connectivity index (χ2n) is 5.63. The fourth-order valence-corrected chi connectivity index (χ4v) is 2.75. The first-order chi connectivity index (χ1) is 10.2. The predicted octanol–water partition coefficient (Wildman–Crippen LogP) is 3.80. The van der Waals surface area contributed by atoms with E-state index in [4.69, 9.17) is 5.73 Å². The smallest absolute Gasteiger partial charge is 0.220 e. The Morgan fingerprint density at radius 1 is 1.10 bits per heavy atom. The Morgan fingerprint density at radius 3 is 2.33 bits per heavy atom. The van der Waals surface area contributed by atoms with Gasteiger partial charge in [0.05, 0.1) is 6.04 Å². The lowest BCUT2D eigenvalue weighted by molar-refractivity contribution is -0.122. The number of rotatable bonds is 10. The molecule has 0 aliphatic rings. The zero-order valence-electron chi connectivity index (χ0n) is 13.5. The third-order valence-corrected chi connectivity index (χ3v) is 4.10. The molecule has 1 unspecified atom stereocenters. The summed E-state index contributed by atoms with van der Waals surface area (Å²) < 4.78 is 0. The summed E-state index contributed by atoms with van der Waals surface area (Å²) in [6.07, 6.45) is 5.71. The number of benzene rings is 1. The molecule has 0 fully saturated rings. The summed E-state index contributed by atoms with van der Waals surface area (Å²) in [5.41, 5.74) is 6.69. The van der Waals surface area contributed by atoms with Crippen molar-refractivity contribution >= 4 is 5.91 Å². The number of carbonyl (C=O) groups is 1. The monoisotopic (exact) mass is 290 g/mol. The van der Waals surface area contributed by atoms with Crippen LogP contribution in [0.4, 0.5) is 0 Å². The van der Waals surface area contributed by atoms with Gasteiger partial charge in [-0.05, 0) is 30.9 Å². The highest BCUT2D eigenvalue weighted by Gasteiger charge is 2.21. The summed E-state index contributed by atoms with van der Waals surface area (Å²) in [7, 11) is 0. The molecule has 0 spiro atoms. The summed E-state index contributed by atoms with van der Waals surface area (Å²) in [5, 5.41) is 3.24. The van der Waals surface area contributed by atoms with Crippen LogP contribution in [0.1, 0.15) is 64.0 Å². The van der Waals surface area contributed by atoms with Crippen LogP contribution in [0.15, 0.2) is 30.3 Å². The average Bonchev–Trinajstić information content (AvgIpc) is 2.52. The van der Waals surface area contributed by atoms with E-state index < -0.39 is 0 Å². The molecule has 1 atom stereocenters. The maximum absolute atomic E-state index is 12.2. The van der Waals surface area contributed by atoms with Gasteiger partial charge in [0.15, 0.2) is 0 Å². The number of hydrogen-bond donors (Lipinski definition) is 2. The maximum Gasteiger partial charge on any atom is 0.220 e. The van der Waals surface area contributed by atoms with Crippen molar-refractivity contribution in [2.45, 2.75) is 58.4 Å². The standard InChI is InChI=1S/C18H30N2O/c1-3-15(4-2)18(16-11-7-5-8-12-16)20-17(21)13-9-6-10-14-19/h5,7-8,11-12,15,18H,3-4,6,9-10,13-14,19H2,1-2H3,(H,20,21). The second kappa shape index (κ2) is 10.4. The minimum absolute atomic E-state index is 0.128. The van der Waals surface area contributed by atoms with Crippen LogP contribution in [-0.2, 0) is 4.79 Å². The van der Waals surface area contributed by atoms with Crippen molar-refractivity contribution in [2.24, 2.45) is 11.7 Å². The van der Waals surface area contributed by atoms with Gasteiger partial charge in [-0.1, -0.05) is 63.4 Å². The van der Waals surface area contributed by atoms with E-state index in [-0.39, 0.29) is 11.9 Å². The van der Waals surface area contributed by atoms with Gasteiger partial charge < -0.3 is 11.1 Å². The van der Waals surface area contributed by atoms with Gasteiger partial charge in [0.25, 0.3) is 0 Å². The Kier molecular flexibility index (Phi) is 8.76. The maximum atomic E-state index is 12.2. The topological polar surface area (TPSA) is 55.1 Å². The van der Waals surface area contributed by atoms with Crippen molar-refractivity contribution in [3.05, 3.63) is 35.9 Å². The van der Waals surface area contributed by atoms with Crippen LogP contribution in [0.2, 0.25) is 0 Å². The van der Waals surface area contributed by atoms with Crippen molar-refractivity contribution in [1.29, 1.82) is 0 Å². The van der Waals surface area contributed by atoms with Crippen LogP contribution in [0, 0.1) is 5.92 Å². The van der Waals surface area contributed by atoms with E-state index in [2.05, 4.69) is 31.3 Å². The van der Waals surface area contributed by atoms with Crippen LogP contribution in [-0.4, -0.2) is 12.5 Å². The van der Waals surface area contributed by atoms with E-state index in [0.29, 0.717) is 18.9 Å². The van der Waals surface area contributed by atoms with Crippen LogP contribution >= 0.6 is 0 Å². The van der Waals surface area contributed by atoms with Gasteiger partial charge >= 0.3 is 0 Å². The molecule has 0 aliphatic heterocycles. The molecular formula is C18H30N2O. The number of amides is 1. The first-order valence-corrected chi connectivity index (χ1v) is 8.27. The van der Waals surface area contributed by atoms with Crippen molar-refractivity contribution < 1.29 is 4.79 Å². The first-order valence-electron chi connectivity index (χ1n) is 8.27. The summed E-state index contributed by atoms with van der Waals surface area (Å²) in [4.78, 5) is 12.2. The number of hydrogen-bond acceptors (Lipinski definition) is 2. The van der Waals surface area contributed by atoms with Crippen LogP contribution in [0.25, 0.3) is 0 Å². The molecule has 0 saturated carbocycles. The van der Waals surface area contributed by atoms with E-state index in [0.717, 1.165) is 32.1 Å². The molecule has 0 aromatic heterocycles. The summed E-state index contributed by atoms with van der Waals surface area (Å²) in [6.45, 7) is 5.09. The van der Waals surface area contributed by atoms with Crippen LogP contribution < -0.4 is 11.1 Å². The molecule has 21 heavy (non-hydrogen) atoms. The van der Waals surface area contributed by atoms with E-state index in [9.17, 15) is 4.79 Å². The Bertz CT molecular complexity index is 387. The third-order valence-electron chi connectivity index (χ3n) is 4.10. The molecular weight excluding hydrogens is 260 g/mol. The van der Waals surface area contributed by atoms with E-state index >= 15 is 0 Å². The lowest BCUT2D eigenvalue weighted by Gasteiger charge is -2.27. The molecule has 3 N–H and O–H groups in total. The minimum Gasteiger partial charge on any atom is -0.349 e. The highest BCUT2D eigenvalue weighted by atomic mass is 16.1. The average molecular weight is 290 g/mol. The Labute approximate surface area is 129 Å². The van der Waals surface area contributed by atoms with Gasteiger partial charge in [0.1, 0.15) is 0 Å². The third kappa shape index (κ3) is 6.30. The number of carbonyl (C=O) groups excluding carboxylic acids is 1. The van der Waals surface area contributed by atoms with Crippen molar-refractivity contribution in [2.75, 3.05) is 6.54 Å². The number of nitrogens with two attached hydrogens (primary N) is 1. The predicted molar refractivity (Wildman–Crippen MR) is 88.9 cm³/mol. The van der Waals surface area contributed by atoms with E-state index in [1.165, 1.54) is 5.56 Å². The molecule has 1 aromatic carbocycles. The van der Waals surface area contributed by atoms with Crippen LogP contribution in [0.5, 0.6) is 0 Å². The highest BCUT2D eigenvalue weighted by molar-refractivity contribution is 5.76. The van der Waals surface area contributed by atoms with Gasteiger partial charge in [0.2, 0.25) is 5.91 Å². The summed E-state index contributed by atoms with van der Waals surface area (Å²) in [6, 6.07) is 10.4. The molecule has 3 heteroatoms. The molecule has 1 aromatic rings. The lowest BCUT2D eigenvalue weighted by Crippen LogP contribution is -2.33.